The Morgan fingerprint density at radius 2 is 1.86 bits per heavy atom. The third-order valence-corrected chi connectivity index (χ3v) is 7.96. The van der Waals surface area contributed by atoms with Gasteiger partial charge in [0.1, 0.15) is 0 Å². The van der Waals surface area contributed by atoms with Crippen molar-refractivity contribution in [3.05, 3.63) is 33.7 Å². The molecule has 1 fully saturated rings. The molecule has 2 atom stereocenters. The molecule has 0 spiro atoms. The van der Waals surface area contributed by atoms with E-state index in [2.05, 4.69) is 11.6 Å². The van der Waals surface area contributed by atoms with Gasteiger partial charge in [0, 0.05) is 17.3 Å². The summed E-state index contributed by atoms with van der Waals surface area (Å²) in [6.45, 7) is 8.30. The van der Waals surface area contributed by atoms with Crippen molar-refractivity contribution in [2.45, 2.75) is 90.3 Å². The van der Waals surface area contributed by atoms with Gasteiger partial charge < -0.3 is 9.30 Å². The quantitative estimate of drug-likeness (QED) is 0.728. The molecule has 0 saturated heterocycles. The molecular formula is C22H36N2O4S. The molecule has 0 bridgehead atoms. The number of rotatable bonds is 7. The highest BCUT2D eigenvalue weighted by Gasteiger charge is 2.34. The Kier molecular flexibility index (Phi) is 7.23. The predicted molar refractivity (Wildman–Crippen MR) is 116 cm³/mol. The molecule has 1 aromatic rings. The van der Waals surface area contributed by atoms with Gasteiger partial charge in [0.2, 0.25) is 10.0 Å². The first-order valence-electron chi connectivity index (χ1n) is 11.1. The second-order valence-electron chi connectivity index (χ2n) is 9.06. The van der Waals surface area contributed by atoms with Crippen molar-refractivity contribution >= 4 is 10.0 Å². The average molecular weight is 425 g/mol. The van der Waals surface area contributed by atoms with Crippen LogP contribution < -0.4 is 10.3 Å². The maximum absolute atomic E-state index is 13.3. The van der Waals surface area contributed by atoms with Crippen molar-refractivity contribution in [1.29, 1.82) is 0 Å². The number of ether oxygens (including phenoxy) is 1. The van der Waals surface area contributed by atoms with Gasteiger partial charge in [0.25, 0.3) is 5.56 Å². The van der Waals surface area contributed by atoms with Gasteiger partial charge in [-0.15, -0.1) is 0 Å². The molecule has 1 aromatic heterocycles. The summed E-state index contributed by atoms with van der Waals surface area (Å²) in [5.74, 6) is 0.894. The number of sulfonamides is 1. The van der Waals surface area contributed by atoms with Crippen LogP contribution in [0.2, 0.25) is 0 Å². The minimum atomic E-state index is -3.37. The highest BCUT2D eigenvalue weighted by molar-refractivity contribution is 7.89. The summed E-state index contributed by atoms with van der Waals surface area (Å²) in [6, 6.07) is 3.31. The summed E-state index contributed by atoms with van der Waals surface area (Å²) >= 11 is 0. The molecule has 164 valence electrons. The molecule has 1 aliphatic heterocycles. The minimum Gasteiger partial charge on any atom is -0.376 e. The maximum atomic E-state index is 13.3. The van der Waals surface area contributed by atoms with E-state index in [1.54, 1.807) is 6.92 Å². The van der Waals surface area contributed by atoms with Crippen molar-refractivity contribution in [1.82, 2.24) is 9.29 Å². The lowest BCUT2D eigenvalue weighted by Gasteiger charge is -2.37. The van der Waals surface area contributed by atoms with E-state index < -0.39 is 10.0 Å². The Balaban J connectivity index is 1.89. The van der Waals surface area contributed by atoms with Crippen LogP contribution in [0.3, 0.4) is 0 Å². The highest BCUT2D eigenvalue weighted by atomic mass is 32.2. The summed E-state index contributed by atoms with van der Waals surface area (Å²) in [5.41, 5.74) is 1.73. The summed E-state index contributed by atoms with van der Waals surface area (Å²) in [4.78, 5) is 13.3. The molecule has 1 aliphatic carbocycles. The zero-order chi connectivity index (χ0) is 21.2. The third-order valence-electron chi connectivity index (χ3n) is 6.54. The second kappa shape index (κ2) is 9.31. The lowest BCUT2D eigenvalue weighted by atomic mass is 9.89. The van der Waals surface area contributed by atoms with Crippen LogP contribution in [0.4, 0.5) is 0 Å². The van der Waals surface area contributed by atoms with Crippen LogP contribution in [0.1, 0.15) is 83.0 Å². The van der Waals surface area contributed by atoms with Gasteiger partial charge in [-0.3, -0.25) is 4.79 Å². The zero-order valence-electron chi connectivity index (χ0n) is 18.2. The van der Waals surface area contributed by atoms with E-state index in [0.29, 0.717) is 19.4 Å². The Morgan fingerprint density at radius 3 is 2.48 bits per heavy atom. The number of aromatic nitrogens is 1. The number of aryl methyl sites for hydroxylation is 1. The molecule has 1 saturated carbocycles. The summed E-state index contributed by atoms with van der Waals surface area (Å²) in [5, 5.41) is 0. The van der Waals surface area contributed by atoms with Crippen LogP contribution in [-0.2, 0) is 21.2 Å². The van der Waals surface area contributed by atoms with Crippen molar-refractivity contribution < 1.29 is 13.2 Å². The first-order valence-corrected chi connectivity index (χ1v) is 12.7. The fourth-order valence-electron chi connectivity index (χ4n) is 4.56. The first kappa shape index (κ1) is 22.5. The van der Waals surface area contributed by atoms with Gasteiger partial charge in [0.05, 0.1) is 24.5 Å². The Labute approximate surface area is 175 Å². The molecule has 1 N–H and O–H groups in total. The Morgan fingerprint density at radius 1 is 1.17 bits per heavy atom. The number of nitrogens with zero attached hydrogens (tertiary/aromatic N) is 1. The fourth-order valence-corrected chi connectivity index (χ4v) is 5.47. The van der Waals surface area contributed by atoms with E-state index in [-0.39, 0.29) is 35.4 Å². The standard InChI is InChI=1S/C22H36N2O4S/c1-5-29(26,27)23-20-13-9-17-8-12-19(15(2)3)22(25)24(17)21(20)14-28-18-10-6-16(4)7-11-18/h8,12,15-16,18,20-21,23H,5-7,9-11,13-14H2,1-4H3. The van der Waals surface area contributed by atoms with Crippen molar-refractivity contribution in [2.24, 2.45) is 5.92 Å². The number of hydrogen-bond acceptors (Lipinski definition) is 4. The molecule has 2 heterocycles. The SMILES string of the molecule is CCS(=O)(=O)NC1CCc2ccc(C(C)C)c(=O)n2C1COC1CCC(C)CC1. The van der Waals surface area contributed by atoms with Crippen molar-refractivity contribution in [3.8, 4) is 0 Å². The van der Waals surface area contributed by atoms with Gasteiger partial charge in [-0.1, -0.05) is 26.8 Å². The number of pyridine rings is 1. The van der Waals surface area contributed by atoms with Crippen LogP contribution in [0.15, 0.2) is 16.9 Å². The van der Waals surface area contributed by atoms with E-state index in [1.165, 1.54) is 0 Å². The molecule has 3 rings (SSSR count). The van der Waals surface area contributed by atoms with E-state index >= 15 is 0 Å². The van der Waals surface area contributed by atoms with Gasteiger partial charge in [0.15, 0.2) is 0 Å². The normalized spacial score (nSPS) is 27.8. The van der Waals surface area contributed by atoms with E-state index in [4.69, 9.17) is 4.74 Å². The molecular weight excluding hydrogens is 388 g/mol. The van der Waals surface area contributed by atoms with Crippen molar-refractivity contribution in [3.63, 3.8) is 0 Å². The van der Waals surface area contributed by atoms with Crippen LogP contribution in [0.5, 0.6) is 0 Å². The molecule has 2 aliphatic rings. The monoisotopic (exact) mass is 424 g/mol. The molecule has 6 nitrogen and oxygen atoms in total. The van der Waals surface area contributed by atoms with Crippen LogP contribution >= 0.6 is 0 Å². The van der Waals surface area contributed by atoms with E-state index in [1.807, 2.05) is 30.5 Å². The largest absolute Gasteiger partial charge is 0.376 e. The topological polar surface area (TPSA) is 77.4 Å². The average Bonchev–Trinajstić information content (AvgIpc) is 2.68. The molecule has 0 amide bonds. The zero-order valence-corrected chi connectivity index (χ0v) is 19.0. The van der Waals surface area contributed by atoms with Crippen LogP contribution in [0.25, 0.3) is 0 Å². The van der Waals surface area contributed by atoms with Crippen molar-refractivity contribution in [2.75, 3.05) is 12.4 Å². The number of fused-ring (bicyclic) bond motifs is 1. The number of nitrogens with one attached hydrogen (secondary N) is 1. The Hall–Kier alpha value is -1.18. The molecule has 2 unspecified atom stereocenters. The summed E-state index contributed by atoms with van der Waals surface area (Å²) < 4.78 is 35.5. The predicted octanol–water partition coefficient (Wildman–Crippen LogP) is 3.36. The smallest absolute Gasteiger partial charge is 0.254 e. The Bertz CT molecular complexity index is 854. The molecule has 7 heteroatoms. The minimum absolute atomic E-state index is 0.0104. The summed E-state index contributed by atoms with van der Waals surface area (Å²) in [7, 11) is -3.37. The fraction of sp³-hybridized carbons (Fsp3) is 0.773. The van der Waals surface area contributed by atoms with Gasteiger partial charge in [-0.2, -0.15) is 0 Å². The van der Waals surface area contributed by atoms with E-state index in [9.17, 15) is 13.2 Å². The second-order valence-corrected chi connectivity index (χ2v) is 11.1. The van der Waals surface area contributed by atoms with Crippen LogP contribution in [0, 0.1) is 5.92 Å². The molecule has 29 heavy (non-hydrogen) atoms. The van der Waals surface area contributed by atoms with Gasteiger partial charge in [-0.05, 0) is 63.4 Å². The number of hydrogen-bond donors (Lipinski definition) is 1. The lowest BCUT2D eigenvalue weighted by molar-refractivity contribution is -0.00541. The highest BCUT2D eigenvalue weighted by Crippen LogP contribution is 2.29. The first-order chi connectivity index (χ1) is 13.7. The molecule has 0 aromatic carbocycles. The van der Waals surface area contributed by atoms with Gasteiger partial charge in [-0.25, -0.2) is 13.1 Å². The van der Waals surface area contributed by atoms with Crippen LogP contribution in [-0.4, -0.2) is 37.5 Å². The maximum Gasteiger partial charge on any atom is 0.254 e. The lowest BCUT2D eigenvalue weighted by Crippen LogP contribution is -2.50. The van der Waals surface area contributed by atoms with E-state index in [0.717, 1.165) is 42.9 Å². The summed E-state index contributed by atoms with van der Waals surface area (Å²) in [6.07, 6.45) is 5.95. The van der Waals surface area contributed by atoms with Gasteiger partial charge >= 0.3 is 0 Å². The molecule has 0 radical (unpaired) electrons. The third kappa shape index (κ3) is 5.30.